The number of benzene rings is 2. The maximum atomic E-state index is 5.47. The first-order valence-electron chi connectivity index (χ1n) is 6.47. The fourth-order valence-corrected chi connectivity index (χ4v) is 2.52. The summed E-state index contributed by atoms with van der Waals surface area (Å²) in [4.78, 5) is 0. The first-order valence-corrected chi connectivity index (χ1v) is 7.26. The molecule has 0 atom stereocenters. The Morgan fingerprint density at radius 2 is 1.62 bits per heavy atom. The van der Waals surface area contributed by atoms with Crippen LogP contribution in [0.25, 0.3) is 0 Å². The summed E-state index contributed by atoms with van der Waals surface area (Å²) >= 11 is 3.52. The lowest BCUT2D eigenvalue weighted by Gasteiger charge is -2.16. The minimum Gasteiger partial charge on any atom is -0.493 e. The number of nitrogens with one attached hydrogen (secondary N) is 1. The van der Waals surface area contributed by atoms with Crippen molar-refractivity contribution >= 4 is 21.6 Å². The summed E-state index contributed by atoms with van der Waals surface area (Å²) in [5.41, 5.74) is 2.01. The van der Waals surface area contributed by atoms with E-state index in [1.807, 2.05) is 36.4 Å². The van der Waals surface area contributed by atoms with Gasteiger partial charge in [-0.25, -0.2) is 0 Å². The quantitative estimate of drug-likeness (QED) is 0.850. The van der Waals surface area contributed by atoms with Gasteiger partial charge in [0.1, 0.15) is 0 Å². The van der Waals surface area contributed by atoms with Gasteiger partial charge in [0.2, 0.25) is 5.75 Å². The molecule has 0 radical (unpaired) electrons. The van der Waals surface area contributed by atoms with Crippen LogP contribution in [0.4, 0.5) is 5.69 Å². The highest BCUT2D eigenvalue weighted by atomic mass is 79.9. The number of methoxy groups -OCH3 is 3. The second-order valence-electron chi connectivity index (χ2n) is 4.33. The van der Waals surface area contributed by atoms with Gasteiger partial charge >= 0.3 is 0 Å². The molecule has 1 N–H and O–H groups in total. The topological polar surface area (TPSA) is 39.7 Å². The van der Waals surface area contributed by atoms with Gasteiger partial charge in [0.25, 0.3) is 0 Å². The zero-order valence-corrected chi connectivity index (χ0v) is 13.9. The van der Waals surface area contributed by atoms with Crippen LogP contribution < -0.4 is 19.5 Å². The second kappa shape index (κ2) is 7.22. The van der Waals surface area contributed by atoms with E-state index in [2.05, 4.69) is 21.2 Å². The molecule has 2 aromatic carbocycles. The second-order valence-corrected chi connectivity index (χ2v) is 5.18. The Morgan fingerprint density at radius 3 is 2.24 bits per heavy atom. The SMILES string of the molecule is COc1ccc(CNc2ccccc2Br)c(OC)c1OC. The number of para-hydroxylation sites is 1. The van der Waals surface area contributed by atoms with Crippen LogP contribution in [0.1, 0.15) is 5.56 Å². The van der Waals surface area contributed by atoms with Crippen LogP contribution in [0.5, 0.6) is 17.2 Å². The fraction of sp³-hybridized carbons (Fsp3) is 0.250. The lowest BCUT2D eigenvalue weighted by atomic mass is 10.1. The minimum absolute atomic E-state index is 0.603. The molecule has 4 nitrogen and oxygen atoms in total. The summed E-state index contributed by atoms with van der Waals surface area (Å²) in [6.45, 7) is 0.617. The molecule has 0 aliphatic heterocycles. The zero-order valence-electron chi connectivity index (χ0n) is 12.3. The minimum atomic E-state index is 0.603. The first kappa shape index (κ1) is 15.5. The third-order valence-electron chi connectivity index (χ3n) is 3.13. The van der Waals surface area contributed by atoms with Crippen LogP contribution in [0, 0.1) is 0 Å². The Balaban J connectivity index is 2.26. The smallest absolute Gasteiger partial charge is 0.203 e. The maximum Gasteiger partial charge on any atom is 0.203 e. The van der Waals surface area contributed by atoms with E-state index in [1.54, 1.807) is 21.3 Å². The lowest BCUT2D eigenvalue weighted by molar-refractivity contribution is 0.322. The summed E-state index contributed by atoms with van der Waals surface area (Å²) in [6, 6.07) is 11.8. The van der Waals surface area contributed by atoms with E-state index in [9.17, 15) is 0 Å². The maximum absolute atomic E-state index is 5.47. The molecule has 21 heavy (non-hydrogen) atoms. The summed E-state index contributed by atoms with van der Waals surface area (Å²) < 4.78 is 17.2. The number of halogens is 1. The van der Waals surface area contributed by atoms with Crippen LogP contribution in [0.15, 0.2) is 40.9 Å². The molecular weight excluding hydrogens is 334 g/mol. The van der Waals surface area contributed by atoms with Gasteiger partial charge in [0.15, 0.2) is 11.5 Å². The molecule has 0 unspecified atom stereocenters. The van der Waals surface area contributed by atoms with Gasteiger partial charge in [0, 0.05) is 22.3 Å². The van der Waals surface area contributed by atoms with Gasteiger partial charge in [-0.2, -0.15) is 0 Å². The van der Waals surface area contributed by atoms with E-state index in [0.29, 0.717) is 23.8 Å². The summed E-state index contributed by atoms with van der Waals surface area (Å²) in [7, 11) is 4.83. The molecule has 2 aromatic rings. The fourth-order valence-electron chi connectivity index (χ4n) is 2.10. The average molecular weight is 352 g/mol. The molecule has 0 bridgehead atoms. The third kappa shape index (κ3) is 3.42. The highest BCUT2D eigenvalue weighted by Crippen LogP contribution is 2.40. The molecule has 0 saturated heterocycles. The van der Waals surface area contributed by atoms with Gasteiger partial charge < -0.3 is 19.5 Å². The molecule has 0 amide bonds. The monoisotopic (exact) mass is 351 g/mol. The van der Waals surface area contributed by atoms with Crippen molar-refractivity contribution in [1.82, 2.24) is 0 Å². The van der Waals surface area contributed by atoms with Gasteiger partial charge in [-0.3, -0.25) is 0 Å². The predicted octanol–water partition coefficient (Wildman–Crippen LogP) is 4.09. The molecule has 5 heteroatoms. The Kier molecular flexibility index (Phi) is 5.33. The third-order valence-corrected chi connectivity index (χ3v) is 3.82. The van der Waals surface area contributed by atoms with Crippen molar-refractivity contribution in [3.05, 3.63) is 46.4 Å². The van der Waals surface area contributed by atoms with Crippen molar-refractivity contribution in [3.63, 3.8) is 0 Å². The number of anilines is 1. The van der Waals surface area contributed by atoms with Crippen molar-refractivity contribution < 1.29 is 14.2 Å². The Hall–Kier alpha value is -1.88. The van der Waals surface area contributed by atoms with Crippen molar-refractivity contribution in [2.24, 2.45) is 0 Å². The number of ether oxygens (including phenoxy) is 3. The van der Waals surface area contributed by atoms with E-state index in [1.165, 1.54) is 0 Å². The van der Waals surface area contributed by atoms with Gasteiger partial charge in [0.05, 0.1) is 21.3 Å². The Labute approximate surface area is 133 Å². The van der Waals surface area contributed by atoms with E-state index >= 15 is 0 Å². The van der Waals surface area contributed by atoms with Crippen molar-refractivity contribution in [3.8, 4) is 17.2 Å². The van der Waals surface area contributed by atoms with Gasteiger partial charge in [-0.15, -0.1) is 0 Å². The number of hydrogen-bond donors (Lipinski definition) is 1. The Bertz CT molecular complexity index is 616. The first-order chi connectivity index (χ1) is 10.2. The average Bonchev–Trinajstić information content (AvgIpc) is 2.52. The van der Waals surface area contributed by atoms with Crippen LogP contribution in [-0.4, -0.2) is 21.3 Å². The van der Waals surface area contributed by atoms with Gasteiger partial charge in [-0.1, -0.05) is 12.1 Å². The molecule has 0 aromatic heterocycles. The zero-order chi connectivity index (χ0) is 15.2. The number of hydrogen-bond acceptors (Lipinski definition) is 4. The molecule has 0 fully saturated rings. The van der Waals surface area contributed by atoms with E-state index in [4.69, 9.17) is 14.2 Å². The van der Waals surface area contributed by atoms with Crippen molar-refractivity contribution in [2.75, 3.05) is 26.6 Å². The number of rotatable bonds is 6. The standard InChI is InChI=1S/C16H18BrNO3/c1-19-14-9-8-11(15(20-2)16(14)21-3)10-18-13-7-5-4-6-12(13)17/h4-9,18H,10H2,1-3H3. The van der Waals surface area contributed by atoms with E-state index in [-0.39, 0.29) is 0 Å². The van der Waals surface area contributed by atoms with E-state index < -0.39 is 0 Å². The molecule has 112 valence electrons. The lowest BCUT2D eigenvalue weighted by Crippen LogP contribution is -2.04. The highest BCUT2D eigenvalue weighted by Gasteiger charge is 2.15. The van der Waals surface area contributed by atoms with Crippen LogP contribution in [-0.2, 0) is 6.54 Å². The normalized spacial score (nSPS) is 10.1. The van der Waals surface area contributed by atoms with Crippen LogP contribution in [0.2, 0.25) is 0 Å². The molecule has 2 rings (SSSR count). The Morgan fingerprint density at radius 1 is 0.905 bits per heavy atom. The van der Waals surface area contributed by atoms with Crippen LogP contribution in [0.3, 0.4) is 0 Å². The molecule has 0 spiro atoms. The van der Waals surface area contributed by atoms with Crippen molar-refractivity contribution in [2.45, 2.75) is 6.54 Å². The van der Waals surface area contributed by atoms with Crippen molar-refractivity contribution in [1.29, 1.82) is 0 Å². The summed E-state index contributed by atoms with van der Waals surface area (Å²) in [6.07, 6.45) is 0. The molecule has 0 saturated carbocycles. The summed E-state index contributed by atoms with van der Waals surface area (Å²) in [5.74, 6) is 1.93. The predicted molar refractivity (Wildman–Crippen MR) is 87.6 cm³/mol. The largest absolute Gasteiger partial charge is 0.493 e. The summed E-state index contributed by atoms with van der Waals surface area (Å²) in [5, 5.41) is 3.37. The molecule has 0 heterocycles. The molecule has 0 aliphatic carbocycles. The van der Waals surface area contributed by atoms with Gasteiger partial charge in [-0.05, 0) is 40.2 Å². The van der Waals surface area contributed by atoms with Crippen LogP contribution >= 0.6 is 15.9 Å². The highest BCUT2D eigenvalue weighted by molar-refractivity contribution is 9.10. The molecule has 0 aliphatic rings. The van der Waals surface area contributed by atoms with E-state index in [0.717, 1.165) is 15.7 Å². The molecular formula is C16H18BrNO3.